The van der Waals surface area contributed by atoms with Gasteiger partial charge in [-0.2, -0.15) is 0 Å². The van der Waals surface area contributed by atoms with E-state index in [2.05, 4.69) is 17.2 Å². The lowest BCUT2D eigenvalue weighted by Gasteiger charge is -2.07. The Balaban J connectivity index is 2.50. The van der Waals surface area contributed by atoms with Gasteiger partial charge in [-0.05, 0) is 31.5 Å². The third kappa shape index (κ3) is 5.25. The summed E-state index contributed by atoms with van der Waals surface area (Å²) in [4.78, 5) is 22.8. The van der Waals surface area contributed by atoms with Crippen molar-refractivity contribution in [1.29, 1.82) is 0 Å². The van der Waals surface area contributed by atoms with Crippen molar-refractivity contribution in [2.45, 2.75) is 20.4 Å². The molecule has 0 spiro atoms. The van der Waals surface area contributed by atoms with Crippen LogP contribution in [0.3, 0.4) is 0 Å². The first-order valence-corrected chi connectivity index (χ1v) is 5.99. The van der Waals surface area contributed by atoms with Crippen molar-refractivity contribution in [3.05, 3.63) is 47.7 Å². The van der Waals surface area contributed by atoms with Gasteiger partial charge in [0.05, 0.1) is 12.2 Å². The fourth-order valence-electron chi connectivity index (χ4n) is 1.39. The summed E-state index contributed by atoms with van der Waals surface area (Å²) in [7, 11) is 0. The maximum Gasteiger partial charge on any atom is 0.338 e. The van der Waals surface area contributed by atoms with E-state index in [0.717, 1.165) is 5.56 Å². The number of rotatable bonds is 5. The van der Waals surface area contributed by atoms with Gasteiger partial charge < -0.3 is 15.4 Å². The van der Waals surface area contributed by atoms with E-state index in [1.807, 2.05) is 0 Å². The van der Waals surface area contributed by atoms with E-state index in [9.17, 15) is 9.59 Å². The summed E-state index contributed by atoms with van der Waals surface area (Å²) in [5.41, 5.74) is 1.97. The van der Waals surface area contributed by atoms with Crippen LogP contribution in [0.15, 0.2) is 36.5 Å². The number of allylic oxidation sites excluding steroid dienone is 1. The molecule has 0 radical (unpaired) electrons. The largest absolute Gasteiger partial charge is 0.462 e. The molecule has 0 aliphatic rings. The number of urea groups is 1. The van der Waals surface area contributed by atoms with E-state index >= 15 is 0 Å². The molecule has 0 bridgehead atoms. The summed E-state index contributed by atoms with van der Waals surface area (Å²) in [6.45, 7) is 7.77. The maximum absolute atomic E-state index is 11.4. The Hall–Kier alpha value is -2.30. The van der Waals surface area contributed by atoms with Crippen molar-refractivity contribution in [2.24, 2.45) is 0 Å². The first-order valence-electron chi connectivity index (χ1n) is 5.99. The summed E-state index contributed by atoms with van der Waals surface area (Å²) in [6, 6.07) is 6.58. The Morgan fingerprint density at radius 2 is 1.89 bits per heavy atom. The van der Waals surface area contributed by atoms with Crippen molar-refractivity contribution < 1.29 is 14.3 Å². The SMILES string of the molecule is C=C(C)NC(=O)NCc1ccc(C(=O)OCC)cc1. The van der Waals surface area contributed by atoms with E-state index in [1.165, 1.54) is 0 Å². The number of carbonyl (C=O) groups is 2. The van der Waals surface area contributed by atoms with Crippen molar-refractivity contribution in [1.82, 2.24) is 10.6 Å². The summed E-state index contributed by atoms with van der Waals surface area (Å²) < 4.78 is 4.88. The van der Waals surface area contributed by atoms with Crippen LogP contribution in [0.2, 0.25) is 0 Å². The minimum Gasteiger partial charge on any atom is -0.462 e. The maximum atomic E-state index is 11.4. The first-order chi connectivity index (χ1) is 9.02. The van der Waals surface area contributed by atoms with Gasteiger partial charge in [0.1, 0.15) is 0 Å². The zero-order valence-corrected chi connectivity index (χ0v) is 11.2. The molecule has 0 fully saturated rings. The highest BCUT2D eigenvalue weighted by Crippen LogP contribution is 2.06. The monoisotopic (exact) mass is 262 g/mol. The predicted octanol–water partition coefficient (Wildman–Crippen LogP) is 2.20. The van der Waals surface area contributed by atoms with Gasteiger partial charge in [0.15, 0.2) is 0 Å². The average Bonchev–Trinajstić information content (AvgIpc) is 2.36. The molecular formula is C14H18N2O3. The van der Waals surface area contributed by atoms with Gasteiger partial charge in [-0.1, -0.05) is 18.7 Å². The zero-order chi connectivity index (χ0) is 14.3. The summed E-state index contributed by atoms with van der Waals surface area (Å²) in [5.74, 6) is -0.345. The molecule has 1 aromatic carbocycles. The molecule has 5 nitrogen and oxygen atoms in total. The van der Waals surface area contributed by atoms with Crippen molar-refractivity contribution in [3.63, 3.8) is 0 Å². The Labute approximate surface area is 112 Å². The fourth-order valence-corrected chi connectivity index (χ4v) is 1.39. The standard InChI is InChI=1S/C14H18N2O3/c1-4-19-13(17)12-7-5-11(6-8-12)9-15-14(18)16-10(2)3/h5-8H,2,4,9H2,1,3H3,(H2,15,16,18). The summed E-state index contributed by atoms with van der Waals surface area (Å²) >= 11 is 0. The lowest BCUT2D eigenvalue weighted by molar-refractivity contribution is 0.0526. The molecule has 102 valence electrons. The lowest BCUT2D eigenvalue weighted by atomic mass is 10.1. The third-order valence-corrected chi connectivity index (χ3v) is 2.25. The molecule has 5 heteroatoms. The van der Waals surface area contributed by atoms with Crippen LogP contribution in [0.4, 0.5) is 4.79 Å². The van der Waals surface area contributed by atoms with E-state index in [0.29, 0.717) is 24.4 Å². The smallest absolute Gasteiger partial charge is 0.338 e. The van der Waals surface area contributed by atoms with Gasteiger partial charge >= 0.3 is 12.0 Å². The molecule has 1 aromatic rings. The molecule has 0 saturated carbocycles. The van der Waals surface area contributed by atoms with Crippen LogP contribution in [0.5, 0.6) is 0 Å². The van der Waals surface area contributed by atoms with Gasteiger partial charge in [0, 0.05) is 12.2 Å². The normalized spacial score (nSPS) is 9.58. The van der Waals surface area contributed by atoms with Crippen molar-refractivity contribution >= 4 is 12.0 Å². The van der Waals surface area contributed by atoms with Crippen molar-refractivity contribution in [3.8, 4) is 0 Å². The van der Waals surface area contributed by atoms with Crippen LogP contribution in [0, 0.1) is 0 Å². The quantitative estimate of drug-likeness (QED) is 0.799. The molecule has 0 unspecified atom stereocenters. The minimum absolute atomic E-state index is 0.304. The summed E-state index contributed by atoms with van der Waals surface area (Å²) in [5, 5.41) is 5.22. The molecule has 0 aromatic heterocycles. The third-order valence-electron chi connectivity index (χ3n) is 2.25. The van der Waals surface area contributed by atoms with Gasteiger partial charge in [-0.15, -0.1) is 0 Å². The second kappa shape index (κ2) is 7.20. The van der Waals surface area contributed by atoms with Crippen molar-refractivity contribution in [2.75, 3.05) is 6.61 Å². The zero-order valence-electron chi connectivity index (χ0n) is 11.2. The average molecular weight is 262 g/mol. The van der Waals surface area contributed by atoms with E-state index < -0.39 is 0 Å². The number of ether oxygens (including phenoxy) is 1. The van der Waals surface area contributed by atoms with Crippen LogP contribution in [0.25, 0.3) is 0 Å². The Kier molecular flexibility index (Phi) is 5.60. The molecule has 0 heterocycles. The number of benzene rings is 1. The molecule has 2 N–H and O–H groups in total. The number of nitrogens with one attached hydrogen (secondary N) is 2. The number of hydrogen-bond donors (Lipinski definition) is 2. The minimum atomic E-state index is -0.345. The van der Waals surface area contributed by atoms with Gasteiger partial charge in [0.2, 0.25) is 0 Å². The number of esters is 1. The van der Waals surface area contributed by atoms with Gasteiger partial charge in [-0.3, -0.25) is 0 Å². The second-order valence-corrected chi connectivity index (χ2v) is 4.01. The molecule has 2 amide bonds. The van der Waals surface area contributed by atoms with E-state index in [1.54, 1.807) is 38.1 Å². The number of carbonyl (C=O) groups excluding carboxylic acids is 2. The molecule has 1 rings (SSSR count). The summed E-state index contributed by atoms with van der Waals surface area (Å²) in [6.07, 6.45) is 0. The van der Waals surface area contributed by atoms with E-state index in [-0.39, 0.29) is 12.0 Å². The van der Waals surface area contributed by atoms with Crippen LogP contribution < -0.4 is 10.6 Å². The lowest BCUT2D eigenvalue weighted by Crippen LogP contribution is -2.33. The molecular weight excluding hydrogens is 244 g/mol. The molecule has 0 saturated heterocycles. The Bertz CT molecular complexity index is 466. The van der Waals surface area contributed by atoms with Crippen LogP contribution in [-0.4, -0.2) is 18.6 Å². The van der Waals surface area contributed by atoms with Crippen LogP contribution in [0.1, 0.15) is 29.8 Å². The van der Waals surface area contributed by atoms with Crippen LogP contribution in [-0.2, 0) is 11.3 Å². The highest BCUT2D eigenvalue weighted by molar-refractivity contribution is 5.89. The van der Waals surface area contributed by atoms with Crippen LogP contribution >= 0.6 is 0 Å². The topological polar surface area (TPSA) is 67.4 Å². The van der Waals surface area contributed by atoms with Gasteiger partial charge in [-0.25, -0.2) is 9.59 Å². The predicted molar refractivity (Wildman–Crippen MR) is 72.6 cm³/mol. The van der Waals surface area contributed by atoms with Gasteiger partial charge in [0.25, 0.3) is 0 Å². The highest BCUT2D eigenvalue weighted by Gasteiger charge is 2.06. The first kappa shape index (κ1) is 14.8. The fraction of sp³-hybridized carbons (Fsp3) is 0.286. The van der Waals surface area contributed by atoms with E-state index in [4.69, 9.17) is 4.74 Å². The number of amides is 2. The molecule has 0 atom stereocenters. The molecule has 0 aliphatic carbocycles. The molecule has 0 aliphatic heterocycles. The Morgan fingerprint density at radius 1 is 1.26 bits per heavy atom. The molecule has 19 heavy (non-hydrogen) atoms. The second-order valence-electron chi connectivity index (χ2n) is 4.01. The Morgan fingerprint density at radius 3 is 2.42 bits per heavy atom. The number of hydrogen-bond acceptors (Lipinski definition) is 3. The highest BCUT2D eigenvalue weighted by atomic mass is 16.5.